The van der Waals surface area contributed by atoms with Gasteiger partial charge in [0.15, 0.2) is 11.5 Å². The van der Waals surface area contributed by atoms with Crippen LogP contribution in [0.15, 0.2) is 18.2 Å². The highest BCUT2D eigenvalue weighted by Crippen LogP contribution is 2.34. The van der Waals surface area contributed by atoms with Gasteiger partial charge < -0.3 is 20.1 Å². The van der Waals surface area contributed by atoms with Gasteiger partial charge in [-0.15, -0.1) is 0 Å². The van der Waals surface area contributed by atoms with Crippen molar-refractivity contribution in [2.75, 3.05) is 18.7 Å². The van der Waals surface area contributed by atoms with Gasteiger partial charge in [-0.25, -0.2) is 0 Å². The third kappa shape index (κ3) is 2.61. The zero-order chi connectivity index (χ0) is 12.3. The number of likely N-dealkylation sites (N-methyl/N-ethyl adjacent to an activating group) is 1. The van der Waals surface area contributed by atoms with E-state index in [1.54, 1.807) is 0 Å². The SMILES string of the molecule is CCNC(=O)C(C)Nc1ccc2c(c1)OCO2. The summed E-state index contributed by atoms with van der Waals surface area (Å²) in [6.07, 6.45) is 0. The van der Waals surface area contributed by atoms with Gasteiger partial charge in [0.1, 0.15) is 6.04 Å². The van der Waals surface area contributed by atoms with E-state index < -0.39 is 0 Å². The molecule has 2 rings (SSSR count). The van der Waals surface area contributed by atoms with Crippen LogP contribution in [0, 0.1) is 0 Å². The first-order chi connectivity index (χ1) is 8.20. The van der Waals surface area contributed by atoms with Crippen LogP contribution < -0.4 is 20.1 Å². The van der Waals surface area contributed by atoms with Gasteiger partial charge in [-0.05, 0) is 26.0 Å². The summed E-state index contributed by atoms with van der Waals surface area (Å²) in [7, 11) is 0. The van der Waals surface area contributed by atoms with Crippen LogP contribution in [0.2, 0.25) is 0 Å². The lowest BCUT2D eigenvalue weighted by Gasteiger charge is -2.14. The Morgan fingerprint density at radius 3 is 2.94 bits per heavy atom. The van der Waals surface area contributed by atoms with E-state index in [-0.39, 0.29) is 18.7 Å². The third-order valence-corrected chi connectivity index (χ3v) is 2.50. The number of ether oxygens (including phenoxy) is 2. The standard InChI is InChI=1S/C12H16N2O3/c1-3-13-12(15)8(2)14-9-4-5-10-11(6-9)17-7-16-10/h4-6,8,14H,3,7H2,1-2H3,(H,13,15). The molecule has 17 heavy (non-hydrogen) atoms. The van der Waals surface area contributed by atoms with Crippen molar-refractivity contribution in [2.45, 2.75) is 19.9 Å². The summed E-state index contributed by atoms with van der Waals surface area (Å²) in [4.78, 5) is 11.6. The van der Waals surface area contributed by atoms with E-state index in [0.29, 0.717) is 12.3 Å². The fourth-order valence-electron chi connectivity index (χ4n) is 1.63. The van der Waals surface area contributed by atoms with Crippen molar-refractivity contribution in [1.82, 2.24) is 5.32 Å². The molecule has 0 spiro atoms. The van der Waals surface area contributed by atoms with E-state index in [9.17, 15) is 4.79 Å². The molecule has 0 saturated heterocycles. The highest BCUT2D eigenvalue weighted by atomic mass is 16.7. The van der Waals surface area contributed by atoms with Gasteiger partial charge in [-0.2, -0.15) is 0 Å². The van der Waals surface area contributed by atoms with Crippen LogP contribution in [-0.4, -0.2) is 25.3 Å². The molecule has 0 radical (unpaired) electrons. The van der Waals surface area contributed by atoms with Gasteiger partial charge in [0.05, 0.1) is 0 Å². The fraction of sp³-hybridized carbons (Fsp3) is 0.417. The van der Waals surface area contributed by atoms with Gasteiger partial charge in [-0.3, -0.25) is 4.79 Å². The number of nitrogens with one attached hydrogen (secondary N) is 2. The van der Waals surface area contributed by atoms with E-state index in [4.69, 9.17) is 9.47 Å². The molecule has 0 fully saturated rings. The van der Waals surface area contributed by atoms with Crippen LogP contribution in [-0.2, 0) is 4.79 Å². The quantitative estimate of drug-likeness (QED) is 0.828. The normalized spacial score (nSPS) is 14.2. The van der Waals surface area contributed by atoms with Crippen molar-refractivity contribution in [2.24, 2.45) is 0 Å². The molecule has 1 unspecified atom stereocenters. The predicted molar refractivity (Wildman–Crippen MR) is 64.3 cm³/mol. The molecule has 1 aliphatic heterocycles. The maximum absolute atomic E-state index is 11.6. The minimum absolute atomic E-state index is 0.0230. The summed E-state index contributed by atoms with van der Waals surface area (Å²) in [5.74, 6) is 1.42. The number of anilines is 1. The van der Waals surface area contributed by atoms with Gasteiger partial charge in [0.25, 0.3) is 0 Å². The molecular formula is C12H16N2O3. The van der Waals surface area contributed by atoms with Crippen LogP contribution >= 0.6 is 0 Å². The topological polar surface area (TPSA) is 59.6 Å². The van der Waals surface area contributed by atoms with E-state index in [1.165, 1.54) is 0 Å². The van der Waals surface area contributed by atoms with Crippen LogP contribution in [0.25, 0.3) is 0 Å². The third-order valence-electron chi connectivity index (χ3n) is 2.50. The van der Waals surface area contributed by atoms with Crippen LogP contribution in [0.3, 0.4) is 0 Å². The lowest BCUT2D eigenvalue weighted by molar-refractivity contribution is -0.121. The van der Waals surface area contributed by atoms with Crippen molar-refractivity contribution in [3.8, 4) is 11.5 Å². The van der Waals surface area contributed by atoms with E-state index in [1.807, 2.05) is 32.0 Å². The molecule has 5 heteroatoms. The number of hydrogen-bond acceptors (Lipinski definition) is 4. The van der Waals surface area contributed by atoms with Gasteiger partial charge in [-0.1, -0.05) is 0 Å². The Bertz CT molecular complexity index is 420. The highest BCUT2D eigenvalue weighted by molar-refractivity contribution is 5.84. The zero-order valence-corrected chi connectivity index (χ0v) is 9.95. The number of amides is 1. The molecule has 1 aromatic rings. The second-order valence-corrected chi connectivity index (χ2v) is 3.83. The van der Waals surface area contributed by atoms with Crippen molar-refractivity contribution >= 4 is 11.6 Å². The average Bonchev–Trinajstić information content (AvgIpc) is 2.76. The molecule has 1 aromatic carbocycles. The molecule has 1 aliphatic rings. The molecule has 92 valence electrons. The van der Waals surface area contributed by atoms with Gasteiger partial charge in [0, 0.05) is 18.3 Å². The number of fused-ring (bicyclic) bond motifs is 1. The number of carbonyl (C=O) groups excluding carboxylic acids is 1. The number of carbonyl (C=O) groups is 1. The monoisotopic (exact) mass is 236 g/mol. The second-order valence-electron chi connectivity index (χ2n) is 3.83. The molecule has 0 aromatic heterocycles. The summed E-state index contributed by atoms with van der Waals surface area (Å²) in [5, 5.41) is 5.87. The van der Waals surface area contributed by atoms with E-state index in [0.717, 1.165) is 11.4 Å². The predicted octanol–water partition coefficient (Wildman–Crippen LogP) is 1.35. The van der Waals surface area contributed by atoms with Crippen LogP contribution in [0.5, 0.6) is 11.5 Å². The van der Waals surface area contributed by atoms with E-state index in [2.05, 4.69) is 10.6 Å². The largest absolute Gasteiger partial charge is 0.454 e. The van der Waals surface area contributed by atoms with Crippen molar-refractivity contribution in [3.63, 3.8) is 0 Å². The summed E-state index contributed by atoms with van der Waals surface area (Å²) >= 11 is 0. The Morgan fingerprint density at radius 1 is 1.41 bits per heavy atom. The summed E-state index contributed by atoms with van der Waals surface area (Å²) < 4.78 is 10.5. The minimum atomic E-state index is -0.282. The fourth-order valence-corrected chi connectivity index (χ4v) is 1.63. The molecule has 5 nitrogen and oxygen atoms in total. The van der Waals surface area contributed by atoms with Crippen molar-refractivity contribution in [3.05, 3.63) is 18.2 Å². The molecule has 1 amide bonds. The minimum Gasteiger partial charge on any atom is -0.454 e. The lowest BCUT2D eigenvalue weighted by Crippen LogP contribution is -2.37. The number of rotatable bonds is 4. The first-order valence-electron chi connectivity index (χ1n) is 5.64. The van der Waals surface area contributed by atoms with Crippen molar-refractivity contribution in [1.29, 1.82) is 0 Å². The molecule has 0 saturated carbocycles. The second kappa shape index (κ2) is 4.95. The zero-order valence-electron chi connectivity index (χ0n) is 9.95. The Kier molecular flexibility index (Phi) is 3.37. The summed E-state index contributed by atoms with van der Waals surface area (Å²) in [6.45, 7) is 4.59. The van der Waals surface area contributed by atoms with Gasteiger partial charge in [0.2, 0.25) is 12.7 Å². The molecule has 1 atom stereocenters. The molecule has 0 aliphatic carbocycles. The van der Waals surface area contributed by atoms with Crippen LogP contribution in [0.4, 0.5) is 5.69 Å². The van der Waals surface area contributed by atoms with Gasteiger partial charge >= 0.3 is 0 Å². The number of benzene rings is 1. The molecule has 0 bridgehead atoms. The maximum Gasteiger partial charge on any atom is 0.242 e. The maximum atomic E-state index is 11.6. The summed E-state index contributed by atoms with van der Waals surface area (Å²) in [5.41, 5.74) is 0.841. The van der Waals surface area contributed by atoms with Crippen LogP contribution in [0.1, 0.15) is 13.8 Å². The first kappa shape index (κ1) is 11.6. The Morgan fingerprint density at radius 2 is 2.18 bits per heavy atom. The Hall–Kier alpha value is -1.91. The molecule has 2 N–H and O–H groups in total. The smallest absolute Gasteiger partial charge is 0.242 e. The summed E-state index contributed by atoms with van der Waals surface area (Å²) in [6, 6.07) is 5.24. The van der Waals surface area contributed by atoms with E-state index >= 15 is 0 Å². The Labute approximate surface area is 100 Å². The number of hydrogen-bond donors (Lipinski definition) is 2. The lowest BCUT2D eigenvalue weighted by atomic mass is 10.2. The van der Waals surface area contributed by atoms with Crippen molar-refractivity contribution < 1.29 is 14.3 Å². The molecular weight excluding hydrogens is 220 g/mol. The average molecular weight is 236 g/mol. The molecule has 1 heterocycles. The highest BCUT2D eigenvalue weighted by Gasteiger charge is 2.15. The Balaban J connectivity index is 2.01. The first-order valence-corrected chi connectivity index (χ1v) is 5.64.